The summed E-state index contributed by atoms with van der Waals surface area (Å²) in [7, 11) is 1.46. The van der Waals surface area contributed by atoms with Gasteiger partial charge >= 0.3 is 5.97 Å². The highest BCUT2D eigenvalue weighted by molar-refractivity contribution is 5.96. The first kappa shape index (κ1) is 15.6. The van der Waals surface area contributed by atoms with Gasteiger partial charge in [0, 0.05) is 0 Å². The molecule has 2 N–H and O–H groups in total. The lowest BCUT2D eigenvalue weighted by atomic mass is 9.82. The van der Waals surface area contributed by atoms with E-state index in [0.717, 1.165) is 0 Å². The third kappa shape index (κ3) is 3.26. The third-order valence-electron chi connectivity index (χ3n) is 3.67. The van der Waals surface area contributed by atoms with Crippen LogP contribution in [0.2, 0.25) is 0 Å². The Bertz CT molecular complexity index is 661. The standard InChI is InChI=1S/C16H16N2O4/c1-22-14-7-6-10(9-17)8-13(14)18-15(19)11-4-2-3-5-12(11)16(20)21/h2-3,6-8,11-12H,4-5H2,1H3,(H,18,19)(H,20,21)/t11-,12-/m0/s1. The van der Waals surface area contributed by atoms with Crippen LogP contribution in [0, 0.1) is 23.2 Å². The number of hydrogen-bond donors (Lipinski definition) is 2. The fourth-order valence-electron chi connectivity index (χ4n) is 2.48. The second-order valence-corrected chi connectivity index (χ2v) is 5.01. The number of carboxylic acid groups (broad SMARTS) is 1. The van der Waals surface area contributed by atoms with E-state index in [0.29, 0.717) is 29.8 Å². The Balaban J connectivity index is 2.23. The lowest BCUT2D eigenvalue weighted by molar-refractivity contribution is -0.146. The molecule has 2 atom stereocenters. The van der Waals surface area contributed by atoms with E-state index in [9.17, 15) is 14.7 Å². The largest absolute Gasteiger partial charge is 0.495 e. The van der Waals surface area contributed by atoms with E-state index in [1.165, 1.54) is 13.2 Å². The van der Waals surface area contributed by atoms with Gasteiger partial charge in [0.2, 0.25) is 5.91 Å². The zero-order valence-electron chi connectivity index (χ0n) is 12.1. The van der Waals surface area contributed by atoms with E-state index >= 15 is 0 Å². The molecule has 0 heterocycles. The van der Waals surface area contributed by atoms with Crippen LogP contribution in [0.4, 0.5) is 5.69 Å². The summed E-state index contributed by atoms with van der Waals surface area (Å²) in [6.07, 6.45) is 4.30. The predicted octanol–water partition coefficient (Wildman–Crippen LogP) is 2.17. The molecule has 0 saturated heterocycles. The number of amides is 1. The molecule has 0 fully saturated rings. The van der Waals surface area contributed by atoms with Gasteiger partial charge in [-0.3, -0.25) is 9.59 Å². The smallest absolute Gasteiger partial charge is 0.307 e. The number of nitrogens with zero attached hydrogens (tertiary/aromatic N) is 1. The van der Waals surface area contributed by atoms with Gasteiger partial charge in [-0.15, -0.1) is 0 Å². The lowest BCUT2D eigenvalue weighted by Crippen LogP contribution is -2.34. The first-order valence-corrected chi connectivity index (χ1v) is 6.83. The van der Waals surface area contributed by atoms with Crippen molar-refractivity contribution in [2.75, 3.05) is 12.4 Å². The van der Waals surface area contributed by atoms with Gasteiger partial charge in [-0.2, -0.15) is 5.26 Å². The summed E-state index contributed by atoms with van der Waals surface area (Å²) < 4.78 is 5.15. The topological polar surface area (TPSA) is 99.4 Å². The highest BCUT2D eigenvalue weighted by Gasteiger charge is 2.34. The highest BCUT2D eigenvalue weighted by atomic mass is 16.5. The molecule has 2 rings (SSSR count). The molecule has 0 bridgehead atoms. The number of methoxy groups -OCH3 is 1. The Morgan fingerprint density at radius 2 is 2.00 bits per heavy atom. The monoisotopic (exact) mass is 300 g/mol. The van der Waals surface area contributed by atoms with Crippen LogP contribution in [0.1, 0.15) is 18.4 Å². The van der Waals surface area contributed by atoms with Crippen molar-refractivity contribution in [1.82, 2.24) is 0 Å². The number of aliphatic carboxylic acids is 1. The number of carboxylic acids is 1. The fraction of sp³-hybridized carbons (Fsp3) is 0.312. The number of carbonyl (C=O) groups is 2. The number of ether oxygens (including phenoxy) is 1. The van der Waals surface area contributed by atoms with Gasteiger partial charge in [-0.05, 0) is 31.0 Å². The Kier molecular flexibility index (Phi) is 4.79. The molecule has 0 aromatic heterocycles. The third-order valence-corrected chi connectivity index (χ3v) is 3.67. The minimum absolute atomic E-state index is 0.336. The number of rotatable bonds is 4. The maximum absolute atomic E-state index is 12.4. The van der Waals surface area contributed by atoms with Crippen molar-refractivity contribution in [3.63, 3.8) is 0 Å². The molecule has 6 nitrogen and oxygen atoms in total. The van der Waals surface area contributed by atoms with Crippen LogP contribution in [0.15, 0.2) is 30.4 Å². The van der Waals surface area contributed by atoms with Crippen LogP contribution in [0.5, 0.6) is 5.75 Å². The van der Waals surface area contributed by atoms with Crippen molar-refractivity contribution in [3.8, 4) is 11.8 Å². The molecule has 1 aliphatic rings. The molecule has 0 radical (unpaired) electrons. The zero-order chi connectivity index (χ0) is 16.1. The van der Waals surface area contributed by atoms with Crippen molar-refractivity contribution in [2.24, 2.45) is 11.8 Å². The van der Waals surface area contributed by atoms with Gasteiger partial charge in [0.25, 0.3) is 0 Å². The van der Waals surface area contributed by atoms with Crippen molar-refractivity contribution in [3.05, 3.63) is 35.9 Å². The summed E-state index contributed by atoms with van der Waals surface area (Å²) >= 11 is 0. The predicted molar refractivity (Wildman–Crippen MR) is 79.3 cm³/mol. The normalized spacial score (nSPS) is 20.0. The number of hydrogen-bond acceptors (Lipinski definition) is 4. The number of benzene rings is 1. The van der Waals surface area contributed by atoms with Gasteiger partial charge in [0.05, 0.1) is 36.3 Å². The zero-order valence-corrected chi connectivity index (χ0v) is 12.1. The summed E-state index contributed by atoms with van der Waals surface area (Å²) in [6, 6.07) is 6.66. The number of nitrogens with one attached hydrogen (secondary N) is 1. The minimum atomic E-state index is -0.984. The Hall–Kier alpha value is -2.81. The molecular weight excluding hydrogens is 284 g/mol. The van der Waals surface area contributed by atoms with E-state index in [1.54, 1.807) is 18.2 Å². The Morgan fingerprint density at radius 3 is 2.59 bits per heavy atom. The summed E-state index contributed by atoms with van der Waals surface area (Å²) in [5.74, 6) is -2.33. The average molecular weight is 300 g/mol. The second kappa shape index (κ2) is 6.76. The van der Waals surface area contributed by atoms with Gasteiger partial charge in [0.1, 0.15) is 5.75 Å². The summed E-state index contributed by atoms with van der Waals surface area (Å²) in [5, 5.41) is 20.8. The first-order valence-electron chi connectivity index (χ1n) is 6.83. The molecule has 0 unspecified atom stereocenters. The molecule has 1 aromatic carbocycles. The molecule has 6 heteroatoms. The van der Waals surface area contributed by atoms with Crippen LogP contribution < -0.4 is 10.1 Å². The van der Waals surface area contributed by atoms with Gasteiger partial charge in [-0.25, -0.2) is 0 Å². The molecule has 1 amide bonds. The molecule has 1 aliphatic carbocycles. The maximum atomic E-state index is 12.4. The number of anilines is 1. The Labute approximate surface area is 128 Å². The quantitative estimate of drug-likeness (QED) is 0.830. The van der Waals surface area contributed by atoms with E-state index in [1.807, 2.05) is 12.1 Å². The average Bonchev–Trinajstić information content (AvgIpc) is 2.54. The van der Waals surface area contributed by atoms with Crippen molar-refractivity contribution >= 4 is 17.6 Å². The summed E-state index contributed by atoms with van der Waals surface area (Å²) in [4.78, 5) is 23.7. The maximum Gasteiger partial charge on any atom is 0.307 e. The molecular formula is C16H16N2O4. The van der Waals surface area contributed by atoms with Crippen LogP contribution in [0.3, 0.4) is 0 Å². The summed E-state index contributed by atoms with van der Waals surface area (Å²) in [5.41, 5.74) is 0.750. The number of carbonyl (C=O) groups excluding carboxylic acids is 1. The lowest BCUT2D eigenvalue weighted by Gasteiger charge is -2.24. The van der Waals surface area contributed by atoms with Crippen LogP contribution in [-0.2, 0) is 9.59 Å². The molecule has 114 valence electrons. The SMILES string of the molecule is COc1ccc(C#N)cc1NC(=O)[C@H]1CC=CC[C@@H]1C(=O)O. The Morgan fingerprint density at radius 1 is 1.32 bits per heavy atom. The summed E-state index contributed by atoms with van der Waals surface area (Å²) in [6.45, 7) is 0. The van der Waals surface area contributed by atoms with Crippen molar-refractivity contribution < 1.29 is 19.4 Å². The fourth-order valence-corrected chi connectivity index (χ4v) is 2.48. The molecule has 1 aromatic rings. The van der Waals surface area contributed by atoms with E-state index in [-0.39, 0.29) is 5.91 Å². The van der Waals surface area contributed by atoms with Crippen LogP contribution in [0.25, 0.3) is 0 Å². The van der Waals surface area contributed by atoms with E-state index in [2.05, 4.69) is 5.32 Å². The van der Waals surface area contributed by atoms with Crippen LogP contribution in [-0.4, -0.2) is 24.1 Å². The van der Waals surface area contributed by atoms with E-state index < -0.39 is 17.8 Å². The van der Waals surface area contributed by atoms with Gasteiger partial charge in [0.15, 0.2) is 0 Å². The molecule has 0 spiro atoms. The minimum Gasteiger partial charge on any atom is -0.495 e. The molecule has 0 aliphatic heterocycles. The first-order chi connectivity index (χ1) is 10.6. The second-order valence-electron chi connectivity index (χ2n) is 5.01. The highest BCUT2D eigenvalue weighted by Crippen LogP contribution is 2.30. The van der Waals surface area contributed by atoms with Gasteiger partial charge in [-0.1, -0.05) is 12.2 Å². The molecule has 0 saturated carbocycles. The number of nitriles is 1. The molecule has 22 heavy (non-hydrogen) atoms. The van der Waals surface area contributed by atoms with Crippen molar-refractivity contribution in [1.29, 1.82) is 5.26 Å². The number of allylic oxidation sites excluding steroid dienone is 2. The van der Waals surface area contributed by atoms with E-state index in [4.69, 9.17) is 10.00 Å². The van der Waals surface area contributed by atoms with Gasteiger partial charge < -0.3 is 15.2 Å². The van der Waals surface area contributed by atoms with Crippen LogP contribution >= 0.6 is 0 Å². The van der Waals surface area contributed by atoms with Crippen molar-refractivity contribution in [2.45, 2.75) is 12.8 Å².